The number of hydrogen-bond acceptors (Lipinski definition) is 4. The molecule has 3 rings (SSSR count). The number of likely N-dealkylation sites (tertiary alicyclic amines) is 1. The number of nitrogens with zero attached hydrogens (tertiary/aromatic N) is 1. The third-order valence-corrected chi connectivity index (χ3v) is 5.04. The van der Waals surface area contributed by atoms with Gasteiger partial charge in [-0.2, -0.15) is 0 Å². The lowest BCUT2D eigenvalue weighted by molar-refractivity contribution is 0.114. The Balaban J connectivity index is 1.77. The van der Waals surface area contributed by atoms with Crippen molar-refractivity contribution in [2.45, 2.75) is 31.5 Å². The van der Waals surface area contributed by atoms with Crippen molar-refractivity contribution < 1.29 is 4.74 Å². The van der Waals surface area contributed by atoms with Crippen LogP contribution in [0.5, 0.6) is 5.75 Å². The Morgan fingerprint density at radius 1 is 1.12 bits per heavy atom. The molecule has 4 nitrogen and oxygen atoms in total. The van der Waals surface area contributed by atoms with Gasteiger partial charge in [0.25, 0.3) is 0 Å². The monoisotopic (exact) mass is 339 g/mol. The Kier molecular flexibility index (Phi) is 6.45. The van der Waals surface area contributed by atoms with Gasteiger partial charge in [-0.05, 0) is 31.0 Å². The number of nitrogens with two attached hydrogens (primary N) is 1. The maximum atomic E-state index is 5.87. The van der Waals surface area contributed by atoms with Crippen LogP contribution >= 0.6 is 0 Å². The molecule has 1 fully saturated rings. The average molecular weight is 339 g/mol. The molecule has 0 aliphatic carbocycles. The zero-order valence-corrected chi connectivity index (χ0v) is 15.0. The van der Waals surface area contributed by atoms with E-state index in [4.69, 9.17) is 10.5 Å². The van der Waals surface area contributed by atoms with E-state index in [0.29, 0.717) is 18.6 Å². The number of piperidine rings is 1. The maximum Gasteiger partial charge on any atom is 0.123 e. The molecule has 1 saturated heterocycles. The van der Waals surface area contributed by atoms with Crippen LogP contribution in [0.3, 0.4) is 0 Å². The quantitative estimate of drug-likeness (QED) is 0.814. The number of nitrogens with one attached hydrogen (secondary N) is 1. The van der Waals surface area contributed by atoms with E-state index >= 15 is 0 Å². The molecule has 0 bridgehead atoms. The number of ether oxygens (including phenoxy) is 1. The molecule has 25 heavy (non-hydrogen) atoms. The maximum absolute atomic E-state index is 5.87. The molecule has 1 aliphatic rings. The third kappa shape index (κ3) is 4.40. The second kappa shape index (κ2) is 8.99. The molecule has 0 unspecified atom stereocenters. The SMILES string of the molecule is COc1ccccc1CN[C@@H]1CCCN(CCN)[C@@H]1c1ccccc1. The van der Waals surface area contributed by atoms with Gasteiger partial charge in [0.1, 0.15) is 5.75 Å². The molecule has 2 aromatic rings. The predicted molar refractivity (Wildman–Crippen MR) is 103 cm³/mol. The molecule has 0 radical (unpaired) electrons. The van der Waals surface area contributed by atoms with E-state index in [9.17, 15) is 0 Å². The predicted octanol–water partition coefficient (Wildman–Crippen LogP) is 2.95. The van der Waals surface area contributed by atoms with E-state index < -0.39 is 0 Å². The molecule has 0 amide bonds. The zero-order valence-electron chi connectivity index (χ0n) is 15.0. The van der Waals surface area contributed by atoms with Gasteiger partial charge < -0.3 is 15.8 Å². The molecule has 134 valence electrons. The van der Waals surface area contributed by atoms with Gasteiger partial charge in [0.15, 0.2) is 0 Å². The highest BCUT2D eigenvalue weighted by Gasteiger charge is 2.31. The lowest BCUT2D eigenvalue weighted by Gasteiger charge is -2.42. The summed E-state index contributed by atoms with van der Waals surface area (Å²) in [6.45, 7) is 3.56. The Hall–Kier alpha value is -1.88. The standard InChI is InChI=1S/C21H29N3O/c1-25-20-12-6-5-10-18(20)16-23-19-11-7-14-24(15-13-22)21(19)17-8-3-2-4-9-17/h2-6,8-10,12,19,21,23H,7,11,13-16,22H2,1H3/t19-,21-/m1/s1. The van der Waals surface area contributed by atoms with E-state index in [-0.39, 0.29) is 0 Å². The molecule has 1 aliphatic heterocycles. The van der Waals surface area contributed by atoms with Crippen molar-refractivity contribution in [3.05, 3.63) is 65.7 Å². The molecule has 2 atom stereocenters. The number of para-hydroxylation sites is 1. The van der Waals surface area contributed by atoms with Gasteiger partial charge in [-0.25, -0.2) is 0 Å². The van der Waals surface area contributed by atoms with Crippen LogP contribution < -0.4 is 15.8 Å². The highest BCUT2D eigenvalue weighted by atomic mass is 16.5. The molecular formula is C21H29N3O. The first kappa shape index (κ1) is 17.9. The van der Waals surface area contributed by atoms with Crippen molar-refractivity contribution in [2.75, 3.05) is 26.7 Å². The van der Waals surface area contributed by atoms with Gasteiger partial charge in [0, 0.05) is 31.2 Å². The van der Waals surface area contributed by atoms with Crippen LogP contribution in [-0.2, 0) is 6.54 Å². The van der Waals surface area contributed by atoms with E-state index in [0.717, 1.165) is 25.4 Å². The van der Waals surface area contributed by atoms with Crippen molar-refractivity contribution in [2.24, 2.45) is 5.73 Å². The van der Waals surface area contributed by atoms with E-state index in [1.807, 2.05) is 12.1 Å². The van der Waals surface area contributed by atoms with Crippen molar-refractivity contribution in [1.29, 1.82) is 0 Å². The van der Waals surface area contributed by atoms with Crippen LogP contribution in [0.15, 0.2) is 54.6 Å². The first-order valence-corrected chi connectivity index (χ1v) is 9.18. The molecule has 1 heterocycles. The van der Waals surface area contributed by atoms with Crippen molar-refractivity contribution in [1.82, 2.24) is 10.2 Å². The second-order valence-corrected chi connectivity index (χ2v) is 6.62. The van der Waals surface area contributed by atoms with Gasteiger partial charge in [-0.15, -0.1) is 0 Å². The Morgan fingerprint density at radius 3 is 2.64 bits per heavy atom. The van der Waals surface area contributed by atoms with Crippen LogP contribution in [0, 0.1) is 0 Å². The Labute approximate surface area is 151 Å². The van der Waals surface area contributed by atoms with Crippen LogP contribution in [0.2, 0.25) is 0 Å². The summed E-state index contributed by atoms with van der Waals surface area (Å²) in [5.74, 6) is 0.945. The summed E-state index contributed by atoms with van der Waals surface area (Å²) in [5.41, 5.74) is 8.44. The minimum Gasteiger partial charge on any atom is -0.496 e. The molecule has 2 aromatic carbocycles. The zero-order chi connectivity index (χ0) is 17.5. The minimum absolute atomic E-state index is 0.369. The smallest absolute Gasteiger partial charge is 0.123 e. The van der Waals surface area contributed by atoms with Gasteiger partial charge >= 0.3 is 0 Å². The van der Waals surface area contributed by atoms with Gasteiger partial charge in [0.05, 0.1) is 13.2 Å². The lowest BCUT2D eigenvalue weighted by Crippen LogP contribution is -2.49. The summed E-state index contributed by atoms with van der Waals surface area (Å²) < 4.78 is 5.49. The van der Waals surface area contributed by atoms with Crippen molar-refractivity contribution in [3.8, 4) is 5.75 Å². The third-order valence-electron chi connectivity index (χ3n) is 5.04. The molecule has 3 N–H and O–H groups in total. The fraction of sp³-hybridized carbons (Fsp3) is 0.429. The van der Waals surface area contributed by atoms with E-state index in [1.165, 1.54) is 24.0 Å². The summed E-state index contributed by atoms with van der Waals surface area (Å²) in [6, 6.07) is 19.8. The summed E-state index contributed by atoms with van der Waals surface area (Å²) in [6.07, 6.45) is 2.38. The fourth-order valence-electron chi connectivity index (χ4n) is 3.88. The first-order valence-electron chi connectivity index (χ1n) is 9.18. The van der Waals surface area contributed by atoms with E-state index in [2.05, 4.69) is 52.7 Å². The average Bonchev–Trinajstić information content (AvgIpc) is 2.67. The van der Waals surface area contributed by atoms with Gasteiger partial charge in [-0.1, -0.05) is 48.5 Å². The second-order valence-electron chi connectivity index (χ2n) is 6.62. The number of rotatable bonds is 7. The molecular weight excluding hydrogens is 310 g/mol. The van der Waals surface area contributed by atoms with Crippen LogP contribution in [-0.4, -0.2) is 37.7 Å². The largest absolute Gasteiger partial charge is 0.496 e. The van der Waals surface area contributed by atoms with Crippen molar-refractivity contribution in [3.63, 3.8) is 0 Å². The fourth-order valence-corrected chi connectivity index (χ4v) is 3.88. The summed E-state index contributed by atoms with van der Waals surface area (Å²) in [5, 5.41) is 3.79. The highest BCUT2D eigenvalue weighted by Crippen LogP contribution is 2.31. The van der Waals surface area contributed by atoms with Crippen LogP contribution in [0.4, 0.5) is 0 Å². The number of hydrogen-bond donors (Lipinski definition) is 2. The van der Waals surface area contributed by atoms with Crippen LogP contribution in [0.25, 0.3) is 0 Å². The molecule has 0 spiro atoms. The first-order chi connectivity index (χ1) is 12.3. The van der Waals surface area contributed by atoms with Crippen molar-refractivity contribution >= 4 is 0 Å². The Bertz CT molecular complexity index is 645. The lowest BCUT2D eigenvalue weighted by atomic mass is 9.90. The minimum atomic E-state index is 0.369. The van der Waals surface area contributed by atoms with Gasteiger partial charge in [0.2, 0.25) is 0 Å². The molecule has 4 heteroatoms. The summed E-state index contributed by atoms with van der Waals surface area (Å²) >= 11 is 0. The topological polar surface area (TPSA) is 50.5 Å². The van der Waals surface area contributed by atoms with Crippen LogP contribution in [0.1, 0.15) is 30.0 Å². The number of benzene rings is 2. The Morgan fingerprint density at radius 2 is 1.88 bits per heavy atom. The highest BCUT2D eigenvalue weighted by molar-refractivity contribution is 5.33. The summed E-state index contributed by atoms with van der Waals surface area (Å²) in [7, 11) is 1.73. The molecule has 0 aromatic heterocycles. The molecule has 0 saturated carbocycles. The van der Waals surface area contributed by atoms with Gasteiger partial charge in [-0.3, -0.25) is 4.90 Å². The normalized spacial score (nSPS) is 21.2. The summed E-state index contributed by atoms with van der Waals surface area (Å²) in [4.78, 5) is 2.53. The van der Waals surface area contributed by atoms with E-state index in [1.54, 1.807) is 7.11 Å². The number of methoxy groups -OCH3 is 1.